The highest BCUT2D eigenvalue weighted by atomic mass is 79.9. The number of anilines is 1. The number of halogens is 2. The molecule has 0 spiro atoms. The Morgan fingerprint density at radius 2 is 2.14 bits per heavy atom. The summed E-state index contributed by atoms with van der Waals surface area (Å²) in [6, 6.07) is 6.79. The molecule has 2 amide bonds. The van der Waals surface area contributed by atoms with E-state index in [4.69, 9.17) is 0 Å². The van der Waals surface area contributed by atoms with Crippen LogP contribution in [0.3, 0.4) is 0 Å². The SMILES string of the molecule is O=C(NCCF)Nc1ccccc1Br. The second kappa shape index (κ2) is 5.59. The van der Waals surface area contributed by atoms with Crippen LogP contribution < -0.4 is 10.6 Å². The van der Waals surface area contributed by atoms with Crippen molar-refractivity contribution in [3.05, 3.63) is 28.7 Å². The van der Waals surface area contributed by atoms with Crippen LogP contribution in [-0.4, -0.2) is 19.3 Å². The summed E-state index contributed by atoms with van der Waals surface area (Å²) >= 11 is 3.28. The zero-order valence-electron chi connectivity index (χ0n) is 7.39. The number of carbonyl (C=O) groups is 1. The molecule has 0 bridgehead atoms. The Morgan fingerprint density at radius 1 is 1.43 bits per heavy atom. The van der Waals surface area contributed by atoms with Crippen LogP contribution in [0.5, 0.6) is 0 Å². The summed E-state index contributed by atoms with van der Waals surface area (Å²) < 4.78 is 12.5. The predicted molar refractivity (Wildman–Crippen MR) is 57.1 cm³/mol. The Hall–Kier alpha value is -1.10. The quantitative estimate of drug-likeness (QED) is 0.862. The lowest BCUT2D eigenvalue weighted by molar-refractivity contribution is 0.251. The molecule has 3 nitrogen and oxygen atoms in total. The van der Waals surface area contributed by atoms with E-state index in [1.165, 1.54) is 0 Å². The standard InChI is InChI=1S/C9H10BrFN2O/c10-7-3-1-2-4-8(7)13-9(14)12-6-5-11/h1-4H,5-6H2,(H2,12,13,14). The van der Waals surface area contributed by atoms with Gasteiger partial charge in [0.05, 0.1) is 5.69 Å². The summed E-state index contributed by atoms with van der Waals surface area (Å²) in [4.78, 5) is 11.1. The molecule has 0 unspecified atom stereocenters. The molecule has 0 saturated carbocycles. The lowest BCUT2D eigenvalue weighted by atomic mass is 10.3. The minimum absolute atomic E-state index is 0.0241. The lowest BCUT2D eigenvalue weighted by Crippen LogP contribution is -2.30. The molecule has 0 atom stereocenters. The summed E-state index contributed by atoms with van der Waals surface area (Å²) in [6.07, 6.45) is 0. The molecular weight excluding hydrogens is 251 g/mol. The molecule has 0 fully saturated rings. The number of rotatable bonds is 3. The Kier molecular flexibility index (Phi) is 4.39. The highest BCUT2D eigenvalue weighted by molar-refractivity contribution is 9.10. The van der Waals surface area contributed by atoms with Crippen molar-refractivity contribution in [2.24, 2.45) is 0 Å². The minimum atomic E-state index is -0.566. The van der Waals surface area contributed by atoms with Gasteiger partial charge in [-0.05, 0) is 28.1 Å². The van der Waals surface area contributed by atoms with Crippen molar-refractivity contribution in [2.45, 2.75) is 0 Å². The average Bonchev–Trinajstić information content (AvgIpc) is 2.18. The van der Waals surface area contributed by atoms with E-state index in [-0.39, 0.29) is 6.54 Å². The van der Waals surface area contributed by atoms with Gasteiger partial charge in [-0.15, -0.1) is 0 Å². The third-order valence-corrected chi connectivity index (χ3v) is 2.19. The van der Waals surface area contributed by atoms with Gasteiger partial charge in [-0.3, -0.25) is 0 Å². The van der Waals surface area contributed by atoms with Crippen molar-refractivity contribution in [2.75, 3.05) is 18.5 Å². The molecule has 2 N–H and O–H groups in total. The van der Waals surface area contributed by atoms with Gasteiger partial charge in [0.1, 0.15) is 6.67 Å². The van der Waals surface area contributed by atoms with Crippen LogP contribution in [0.2, 0.25) is 0 Å². The number of hydrogen-bond donors (Lipinski definition) is 2. The summed E-state index contributed by atoms with van der Waals surface area (Å²) in [5.41, 5.74) is 0.656. The third-order valence-electron chi connectivity index (χ3n) is 1.50. The first-order valence-electron chi connectivity index (χ1n) is 4.09. The van der Waals surface area contributed by atoms with E-state index in [2.05, 4.69) is 26.6 Å². The van der Waals surface area contributed by atoms with Gasteiger partial charge >= 0.3 is 6.03 Å². The van der Waals surface area contributed by atoms with Gasteiger partial charge in [0.15, 0.2) is 0 Å². The number of carbonyl (C=O) groups excluding carboxylic acids is 1. The molecule has 1 aromatic rings. The van der Waals surface area contributed by atoms with Crippen LogP contribution in [-0.2, 0) is 0 Å². The van der Waals surface area contributed by atoms with Gasteiger partial charge in [-0.25, -0.2) is 9.18 Å². The summed E-state index contributed by atoms with van der Waals surface area (Å²) in [5.74, 6) is 0. The van der Waals surface area contributed by atoms with Gasteiger partial charge in [-0.1, -0.05) is 12.1 Å². The highest BCUT2D eigenvalue weighted by Gasteiger charge is 2.02. The molecule has 0 radical (unpaired) electrons. The van der Waals surface area contributed by atoms with Crippen molar-refractivity contribution < 1.29 is 9.18 Å². The van der Waals surface area contributed by atoms with Crippen LogP contribution in [0.15, 0.2) is 28.7 Å². The predicted octanol–water partition coefficient (Wildman–Crippen LogP) is 2.54. The van der Waals surface area contributed by atoms with Gasteiger partial charge in [-0.2, -0.15) is 0 Å². The lowest BCUT2D eigenvalue weighted by Gasteiger charge is -2.07. The second-order valence-electron chi connectivity index (χ2n) is 2.55. The normalized spacial score (nSPS) is 9.57. The van der Waals surface area contributed by atoms with Crippen molar-refractivity contribution in [3.63, 3.8) is 0 Å². The molecule has 0 aliphatic heterocycles. The van der Waals surface area contributed by atoms with Gasteiger partial charge < -0.3 is 10.6 Å². The maximum Gasteiger partial charge on any atom is 0.319 e. The van der Waals surface area contributed by atoms with Crippen LogP contribution >= 0.6 is 15.9 Å². The number of benzene rings is 1. The summed E-state index contributed by atoms with van der Waals surface area (Å²) in [6.45, 7) is -0.542. The van der Waals surface area contributed by atoms with Gasteiger partial charge in [0.25, 0.3) is 0 Å². The van der Waals surface area contributed by atoms with Crippen molar-refractivity contribution in [1.82, 2.24) is 5.32 Å². The number of urea groups is 1. The smallest absolute Gasteiger partial charge is 0.319 e. The average molecular weight is 261 g/mol. The van der Waals surface area contributed by atoms with E-state index in [1.807, 2.05) is 12.1 Å². The molecule has 0 saturated heterocycles. The van der Waals surface area contributed by atoms with E-state index in [0.29, 0.717) is 5.69 Å². The highest BCUT2D eigenvalue weighted by Crippen LogP contribution is 2.20. The topological polar surface area (TPSA) is 41.1 Å². The molecule has 0 aliphatic carbocycles. The van der Waals surface area contributed by atoms with Gasteiger partial charge in [0, 0.05) is 11.0 Å². The van der Waals surface area contributed by atoms with Crippen molar-refractivity contribution in [1.29, 1.82) is 0 Å². The monoisotopic (exact) mass is 260 g/mol. The summed E-state index contributed by atoms with van der Waals surface area (Å²) in [5, 5.41) is 4.94. The van der Waals surface area contributed by atoms with E-state index < -0.39 is 12.7 Å². The molecule has 0 aliphatic rings. The van der Waals surface area contributed by atoms with Crippen LogP contribution in [0, 0.1) is 0 Å². The number of para-hydroxylation sites is 1. The number of nitrogens with one attached hydrogen (secondary N) is 2. The number of alkyl halides is 1. The first-order valence-corrected chi connectivity index (χ1v) is 4.88. The Balaban J connectivity index is 2.52. The molecule has 0 heterocycles. The van der Waals surface area contributed by atoms with Crippen molar-refractivity contribution >= 4 is 27.6 Å². The molecule has 1 aromatic carbocycles. The fraction of sp³-hybridized carbons (Fsp3) is 0.222. The van der Waals surface area contributed by atoms with E-state index >= 15 is 0 Å². The first-order chi connectivity index (χ1) is 6.74. The van der Waals surface area contributed by atoms with Crippen molar-refractivity contribution in [3.8, 4) is 0 Å². The maximum atomic E-state index is 11.7. The molecule has 0 aromatic heterocycles. The van der Waals surface area contributed by atoms with E-state index in [1.54, 1.807) is 12.1 Å². The maximum absolute atomic E-state index is 11.7. The van der Waals surface area contributed by atoms with Crippen LogP contribution in [0.25, 0.3) is 0 Å². The fourth-order valence-electron chi connectivity index (χ4n) is 0.890. The number of amides is 2. The zero-order chi connectivity index (χ0) is 10.4. The Labute approximate surface area is 89.8 Å². The zero-order valence-corrected chi connectivity index (χ0v) is 8.97. The second-order valence-corrected chi connectivity index (χ2v) is 3.40. The van der Waals surface area contributed by atoms with E-state index in [9.17, 15) is 9.18 Å². The van der Waals surface area contributed by atoms with E-state index in [0.717, 1.165) is 4.47 Å². The fourth-order valence-corrected chi connectivity index (χ4v) is 1.27. The summed E-state index contributed by atoms with van der Waals surface area (Å²) in [7, 11) is 0. The van der Waals surface area contributed by atoms with Gasteiger partial charge in [0.2, 0.25) is 0 Å². The molecular formula is C9H10BrFN2O. The molecule has 5 heteroatoms. The largest absolute Gasteiger partial charge is 0.335 e. The molecule has 76 valence electrons. The first kappa shape index (κ1) is 11.0. The Bertz CT molecular complexity index is 319. The Morgan fingerprint density at radius 3 is 2.79 bits per heavy atom. The number of hydrogen-bond acceptors (Lipinski definition) is 1. The molecule has 1 rings (SSSR count). The minimum Gasteiger partial charge on any atom is -0.335 e. The third kappa shape index (κ3) is 3.33. The molecule has 14 heavy (non-hydrogen) atoms. The van der Waals surface area contributed by atoms with Crippen LogP contribution in [0.4, 0.5) is 14.9 Å². The van der Waals surface area contributed by atoms with Crippen LogP contribution in [0.1, 0.15) is 0 Å².